The number of fused-ring (bicyclic) bond motifs is 1. The van der Waals surface area contributed by atoms with Crippen molar-refractivity contribution in [3.05, 3.63) is 35.0 Å². The summed E-state index contributed by atoms with van der Waals surface area (Å²) in [5.41, 5.74) is 10.3. The normalized spacial score (nSPS) is 11.9. The number of aryl methyl sites for hydroxylation is 2. The van der Waals surface area contributed by atoms with Crippen LogP contribution in [0.5, 0.6) is 5.75 Å². The predicted molar refractivity (Wildman–Crippen MR) is 79.7 cm³/mol. The Morgan fingerprint density at radius 2 is 1.95 bits per heavy atom. The number of hydrogen-bond donors (Lipinski definition) is 1. The maximum absolute atomic E-state index is 6.16. The Morgan fingerprint density at radius 1 is 1.26 bits per heavy atom. The average molecular weight is 258 g/mol. The Kier molecular flexibility index (Phi) is 3.50. The highest BCUT2D eigenvalue weighted by molar-refractivity contribution is 5.90. The molecule has 2 aromatic rings. The second-order valence-electron chi connectivity index (χ2n) is 5.90. The standard InChI is InChI=1S/C16H22N2O/c1-10-8-11(2)18-15-13(19-5)7-6-12(14(10)15)9-16(3,4)17/h6-8H,9,17H2,1-5H3. The van der Waals surface area contributed by atoms with Gasteiger partial charge in [-0.1, -0.05) is 6.07 Å². The van der Waals surface area contributed by atoms with Crippen LogP contribution in [0.15, 0.2) is 18.2 Å². The first-order chi connectivity index (χ1) is 8.81. The largest absolute Gasteiger partial charge is 0.494 e. The van der Waals surface area contributed by atoms with Gasteiger partial charge in [-0.05, 0) is 57.4 Å². The second kappa shape index (κ2) is 4.82. The van der Waals surface area contributed by atoms with Gasteiger partial charge in [0.15, 0.2) is 0 Å². The van der Waals surface area contributed by atoms with Crippen molar-refractivity contribution in [1.29, 1.82) is 0 Å². The fraction of sp³-hybridized carbons (Fsp3) is 0.438. The number of pyridine rings is 1. The zero-order valence-corrected chi connectivity index (χ0v) is 12.4. The summed E-state index contributed by atoms with van der Waals surface area (Å²) < 4.78 is 5.43. The van der Waals surface area contributed by atoms with E-state index in [1.807, 2.05) is 26.8 Å². The van der Waals surface area contributed by atoms with Crippen LogP contribution in [0, 0.1) is 13.8 Å². The summed E-state index contributed by atoms with van der Waals surface area (Å²) in [4.78, 5) is 4.63. The van der Waals surface area contributed by atoms with Gasteiger partial charge in [-0.15, -0.1) is 0 Å². The first-order valence-electron chi connectivity index (χ1n) is 6.54. The lowest BCUT2D eigenvalue weighted by atomic mass is 9.91. The molecule has 0 spiro atoms. The first-order valence-corrected chi connectivity index (χ1v) is 6.54. The lowest BCUT2D eigenvalue weighted by molar-refractivity contribution is 0.418. The highest BCUT2D eigenvalue weighted by Gasteiger charge is 2.17. The molecule has 1 aromatic carbocycles. The van der Waals surface area contributed by atoms with Crippen LogP contribution in [0.4, 0.5) is 0 Å². The van der Waals surface area contributed by atoms with Crippen molar-refractivity contribution in [3.63, 3.8) is 0 Å². The monoisotopic (exact) mass is 258 g/mol. The van der Waals surface area contributed by atoms with Gasteiger partial charge in [0, 0.05) is 16.6 Å². The molecule has 2 N–H and O–H groups in total. The molecule has 0 aliphatic heterocycles. The zero-order valence-electron chi connectivity index (χ0n) is 12.4. The van der Waals surface area contributed by atoms with Crippen molar-refractivity contribution in [1.82, 2.24) is 4.98 Å². The molecule has 3 nitrogen and oxygen atoms in total. The molecule has 0 unspecified atom stereocenters. The van der Waals surface area contributed by atoms with Gasteiger partial charge in [-0.25, -0.2) is 4.98 Å². The Balaban J connectivity index is 2.74. The molecule has 19 heavy (non-hydrogen) atoms. The lowest BCUT2D eigenvalue weighted by Crippen LogP contribution is -2.34. The third-order valence-electron chi connectivity index (χ3n) is 3.20. The maximum atomic E-state index is 6.16. The summed E-state index contributed by atoms with van der Waals surface area (Å²) >= 11 is 0. The van der Waals surface area contributed by atoms with Gasteiger partial charge >= 0.3 is 0 Å². The SMILES string of the molecule is COc1ccc(CC(C)(C)N)c2c(C)cc(C)nc12. The van der Waals surface area contributed by atoms with Crippen LogP contribution in [-0.4, -0.2) is 17.6 Å². The van der Waals surface area contributed by atoms with Crippen LogP contribution in [0.3, 0.4) is 0 Å². The van der Waals surface area contributed by atoms with E-state index < -0.39 is 0 Å². The van der Waals surface area contributed by atoms with Gasteiger partial charge in [0.1, 0.15) is 11.3 Å². The van der Waals surface area contributed by atoms with Crippen molar-refractivity contribution in [3.8, 4) is 5.75 Å². The van der Waals surface area contributed by atoms with Gasteiger partial charge in [-0.3, -0.25) is 0 Å². The highest BCUT2D eigenvalue weighted by atomic mass is 16.5. The maximum Gasteiger partial charge on any atom is 0.145 e. The van der Waals surface area contributed by atoms with E-state index in [9.17, 15) is 0 Å². The van der Waals surface area contributed by atoms with Crippen molar-refractivity contribution in [2.75, 3.05) is 7.11 Å². The molecule has 0 bridgehead atoms. The topological polar surface area (TPSA) is 48.1 Å². The molecule has 102 valence electrons. The molecule has 1 aromatic heterocycles. The minimum Gasteiger partial charge on any atom is -0.494 e. The summed E-state index contributed by atoms with van der Waals surface area (Å²) in [7, 11) is 1.68. The lowest BCUT2D eigenvalue weighted by Gasteiger charge is -2.21. The van der Waals surface area contributed by atoms with Crippen molar-refractivity contribution < 1.29 is 4.74 Å². The molecule has 1 heterocycles. The Bertz CT molecular complexity index is 612. The van der Waals surface area contributed by atoms with Crippen molar-refractivity contribution in [2.45, 2.75) is 39.7 Å². The molecular weight excluding hydrogens is 236 g/mol. The molecule has 0 fully saturated rings. The summed E-state index contributed by atoms with van der Waals surface area (Å²) in [6.45, 7) is 8.20. The zero-order chi connectivity index (χ0) is 14.2. The van der Waals surface area contributed by atoms with Crippen molar-refractivity contribution >= 4 is 10.9 Å². The second-order valence-corrected chi connectivity index (χ2v) is 5.90. The third kappa shape index (κ3) is 2.87. The number of ether oxygens (including phenoxy) is 1. The number of methoxy groups -OCH3 is 1. The third-order valence-corrected chi connectivity index (χ3v) is 3.20. The van der Waals surface area contributed by atoms with Crippen LogP contribution in [0.1, 0.15) is 30.7 Å². The van der Waals surface area contributed by atoms with E-state index in [0.29, 0.717) is 0 Å². The number of rotatable bonds is 3. The molecular formula is C16H22N2O. The van der Waals surface area contributed by atoms with E-state index in [1.165, 1.54) is 16.5 Å². The smallest absolute Gasteiger partial charge is 0.145 e. The fourth-order valence-corrected chi connectivity index (χ4v) is 2.56. The number of hydrogen-bond acceptors (Lipinski definition) is 3. The van der Waals surface area contributed by atoms with Gasteiger partial charge in [0.25, 0.3) is 0 Å². The van der Waals surface area contributed by atoms with E-state index in [1.54, 1.807) is 7.11 Å². The van der Waals surface area contributed by atoms with E-state index in [4.69, 9.17) is 10.5 Å². The summed E-state index contributed by atoms with van der Waals surface area (Å²) in [6.07, 6.45) is 0.819. The van der Waals surface area contributed by atoms with Crippen molar-refractivity contribution in [2.24, 2.45) is 5.73 Å². The van der Waals surface area contributed by atoms with Crippen LogP contribution < -0.4 is 10.5 Å². The van der Waals surface area contributed by atoms with E-state index in [0.717, 1.165) is 23.4 Å². The van der Waals surface area contributed by atoms with E-state index in [-0.39, 0.29) is 5.54 Å². The number of nitrogens with zero attached hydrogens (tertiary/aromatic N) is 1. The Labute approximate surface area is 114 Å². The van der Waals surface area contributed by atoms with Gasteiger partial charge < -0.3 is 10.5 Å². The molecule has 2 rings (SSSR count). The molecule has 0 amide bonds. The van der Waals surface area contributed by atoms with Gasteiger partial charge in [-0.2, -0.15) is 0 Å². The summed E-state index contributed by atoms with van der Waals surface area (Å²) in [6, 6.07) is 6.18. The quantitative estimate of drug-likeness (QED) is 0.920. The predicted octanol–water partition coefficient (Wildman–Crippen LogP) is 3.14. The average Bonchev–Trinajstić information content (AvgIpc) is 2.26. The fourth-order valence-electron chi connectivity index (χ4n) is 2.56. The molecule has 0 aliphatic rings. The van der Waals surface area contributed by atoms with Gasteiger partial charge in [0.05, 0.1) is 7.11 Å². The molecule has 0 saturated carbocycles. The van der Waals surface area contributed by atoms with Crippen LogP contribution >= 0.6 is 0 Å². The number of aromatic nitrogens is 1. The summed E-state index contributed by atoms with van der Waals surface area (Å²) in [5.74, 6) is 0.820. The minimum absolute atomic E-state index is 0.237. The van der Waals surface area contributed by atoms with E-state index in [2.05, 4.69) is 24.0 Å². The van der Waals surface area contributed by atoms with Gasteiger partial charge in [0.2, 0.25) is 0 Å². The molecule has 0 radical (unpaired) electrons. The Morgan fingerprint density at radius 3 is 2.53 bits per heavy atom. The first kappa shape index (κ1) is 13.8. The number of nitrogens with two attached hydrogens (primary N) is 1. The minimum atomic E-state index is -0.237. The molecule has 3 heteroatoms. The summed E-state index contributed by atoms with van der Waals surface area (Å²) in [5, 5.41) is 1.17. The highest BCUT2D eigenvalue weighted by Crippen LogP contribution is 2.31. The Hall–Kier alpha value is -1.61. The van der Waals surface area contributed by atoms with Crippen LogP contribution in [-0.2, 0) is 6.42 Å². The number of benzene rings is 1. The molecule has 0 saturated heterocycles. The molecule has 0 aliphatic carbocycles. The van der Waals surface area contributed by atoms with Crippen LogP contribution in [0.2, 0.25) is 0 Å². The molecule has 0 atom stereocenters. The van der Waals surface area contributed by atoms with Crippen LogP contribution in [0.25, 0.3) is 10.9 Å². The van der Waals surface area contributed by atoms with E-state index >= 15 is 0 Å².